The third kappa shape index (κ3) is 2.70. The number of para-hydroxylation sites is 2. The average molecular weight is 287 g/mol. The Morgan fingerprint density at radius 2 is 2.14 bits per heavy atom. The number of hydrogen-bond donors (Lipinski definition) is 1. The molecule has 1 aromatic heterocycles. The molecule has 1 unspecified atom stereocenters. The Morgan fingerprint density at radius 3 is 2.71 bits per heavy atom. The van der Waals surface area contributed by atoms with Crippen molar-refractivity contribution in [3.05, 3.63) is 30.1 Å². The molecule has 114 valence electrons. The molecule has 0 saturated heterocycles. The smallest absolute Gasteiger partial charge is 0.111 e. The van der Waals surface area contributed by atoms with E-state index in [1.54, 1.807) is 0 Å². The van der Waals surface area contributed by atoms with Crippen LogP contribution in [0.15, 0.2) is 24.3 Å². The van der Waals surface area contributed by atoms with Gasteiger partial charge < -0.3 is 14.6 Å². The van der Waals surface area contributed by atoms with Crippen molar-refractivity contribution >= 4 is 11.0 Å². The quantitative estimate of drug-likeness (QED) is 0.888. The van der Waals surface area contributed by atoms with E-state index in [-0.39, 0.29) is 5.60 Å². The number of aromatic nitrogens is 2. The van der Waals surface area contributed by atoms with E-state index in [1.165, 1.54) is 24.8 Å². The van der Waals surface area contributed by atoms with Crippen LogP contribution in [-0.4, -0.2) is 35.4 Å². The summed E-state index contributed by atoms with van der Waals surface area (Å²) < 4.78 is 7.97. The molecule has 0 amide bonds. The van der Waals surface area contributed by atoms with E-state index >= 15 is 0 Å². The molecular formula is C17H25N3O. The molecule has 1 aliphatic rings. The van der Waals surface area contributed by atoms with Crippen LogP contribution in [0, 0.1) is 0 Å². The SMILES string of the molecule is CNC(Cc1nc2ccccc2n1C)CC1(OC)CCC1. The summed E-state index contributed by atoms with van der Waals surface area (Å²) in [7, 11) is 5.99. The predicted molar refractivity (Wildman–Crippen MR) is 85.5 cm³/mol. The number of imidazole rings is 1. The Morgan fingerprint density at radius 1 is 1.38 bits per heavy atom. The van der Waals surface area contributed by atoms with E-state index in [4.69, 9.17) is 9.72 Å². The van der Waals surface area contributed by atoms with E-state index in [0.717, 1.165) is 24.2 Å². The molecule has 0 spiro atoms. The lowest BCUT2D eigenvalue weighted by molar-refractivity contribution is -0.0831. The number of nitrogens with one attached hydrogen (secondary N) is 1. The first kappa shape index (κ1) is 14.5. The molecule has 2 aromatic rings. The van der Waals surface area contributed by atoms with Crippen molar-refractivity contribution in [3.63, 3.8) is 0 Å². The monoisotopic (exact) mass is 287 g/mol. The first-order chi connectivity index (χ1) is 10.2. The normalized spacial score (nSPS) is 18.6. The van der Waals surface area contributed by atoms with Gasteiger partial charge in [-0.25, -0.2) is 4.98 Å². The van der Waals surface area contributed by atoms with E-state index in [9.17, 15) is 0 Å². The van der Waals surface area contributed by atoms with Gasteiger partial charge in [-0.3, -0.25) is 0 Å². The fourth-order valence-corrected chi connectivity index (χ4v) is 3.39. The second-order valence-corrected chi connectivity index (χ2v) is 6.21. The van der Waals surface area contributed by atoms with Crippen molar-refractivity contribution in [2.75, 3.05) is 14.2 Å². The number of nitrogens with zero attached hydrogens (tertiary/aromatic N) is 2. The summed E-state index contributed by atoms with van der Waals surface area (Å²) in [5.41, 5.74) is 2.38. The number of likely N-dealkylation sites (N-methyl/N-ethyl adjacent to an activating group) is 1. The van der Waals surface area contributed by atoms with Gasteiger partial charge in [0, 0.05) is 26.6 Å². The summed E-state index contributed by atoms with van der Waals surface area (Å²) in [4.78, 5) is 4.78. The highest BCUT2D eigenvalue weighted by molar-refractivity contribution is 5.75. The molecule has 1 fully saturated rings. The lowest BCUT2D eigenvalue weighted by Gasteiger charge is -2.42. The number of aryl methyl sites for hydroxylation is 1. The van der Waals surface area contributed by atoms with Crippen molar-refractivity contribution in [2.24, 2.45) is 7.05 Å². The molecule has 1 aromatic carbocycles. The van der Waals surface area contributed by atoms with E-state index in [0.29, 0.717) is 6.04 Å². The van der Waals surface area contributed by atoms with Crippen LogP contribution in [0.3, 0.4) is 0 Å². The zero-order valence-corrected chi connectivity index (χ0v) is 13.2. The zero-order chi connectivity index (χ0) is 14.9. The van der Waals surface area contributed by atoms with Gasteiger partial charge in [-0.1, -0.05) is 12.1 Å². The minimum absolute atomic E-state index is 0.0955. The molecule has 0 radical (unpaired) electrons. The van der Waals surface area contributed by atoms with Crippen LogP contribution < -0.4 is 5.32 Å². The van der Waals surface area contributed by atoms with Crippen LogP contribution in [0.2, 0.25) is 0 Å². The molecule has 4 heteroatoms. The number of fused-ring (bicyclic) bond motifs is 1. The molecule has 1 heterocycles. The molecule has 0 aliphatic heterocycles. The molecule has 3 rings (SSSR count). The average Bonchev–Trinajstić information content (AvgIpc) is 2.78. The Kier molecular flexibility index (Phi) is 4.00. The van der Waals surface area contributed by atoms with Crippen LogP contribution in [-0.2, 0) is 18.2 Å². The van der Waals surface area contributed by atoms with Gasteiger partial charge in [-0.15, -0.1) is 0 Å². The number of hydrogen-bond acceptors (Lipinski definition) is 3. The highest BCUT2D eigenvalue weighted by Gasteiger charge is 2.38. The third-order valence-corrected chi connectivity index (χ3v) is 5.03. The Labute approximate surface area is 126 Å². The van der Waals surface area contributed by atoms with Gasteiger partial charge >= 0.3 is 0 Å². The van der Waals surface area contributed by atoms with Gasteiger partial charge in [-0.2, -0.15) is 0 Å². The minimum Gasteiger partial charge on any atom is -0.378 e. The number of benzene rings is 1. The number of ether oxygens (including phenoxy) is 1. The predicted octanol–water partition coefficient (Wildman–Crippen LogP) is 2.66. The lowest BCUT2D eigenvalue weighted by atomic mass is 9.75. The summed E-state index contributed by atoms with van der Waals surface area (Å²) in [5.74, 6) is 1.14. The topological polar surface area (TPSA) is 39.1 Å². The van der Waals surface area contributed by atoms with Crippen molar-refractivity contribution in [1.29, 1.82) is 0 Å². The highest BCUT2D eigenvalue weighted by atomic mass is 16.5. The fraction of sp³-hybridized carbons (Fsp3) is 0.588. The first-order valence-electron chi connectivity index (χ1n) is 7.80. The number of methoxy groups -OCH3 is 1. The standard InChI is InChI=1S/C17H25N3O/c1-18-13(12-17(21-3)9-6-10-17)11-16-19-14-7-4-5-8-15(14)20(16)2/h4-5,7-8,13,18H,6,9-12H2,1-3H3. The molecule has 4 nitrogen and oxygen atoms in total. The second-order valence-electron chi connectivity index (χ2n) is 6.21. The van der Waals surface area contributed by atoms with Crippen molar-refractivity contribution in [2.45, 2.75) is 43.7 Å². The molecule has 21 heavy (non-hydrogen) atoms. The second kappa shape index (κ2) is 5.78. The van der Waals surface area contributed by atoms with E-state index in [1.807, 2.05) is 20.2 Å². The molecule has 1 saturated carbocycles. The molecule has 0 bridgehead atoms. The summed E-state index contributed by atoms with van der Waals surface area (Å²) in [5, 5.41) is 3.45. The lowest BCUT2D eigenvalue weighted by Crippen LogP contribution is -2.46. The molecule has 1 aliphatic carbocycles. The van der Waals surface area contributed by atoms with Gasteiger partial charge in [0.2, 0.25) is 0 Å². The summed E-state index contributed by atoms with van der Waals surface area (Å²) in [6.07, 6.45) is 5.65. The summed E-state index contributed by atoms with van der Waals surface area (Å²) in [6, 6.07) is 8.72. The van der Waals surface area contributed by atoms with Crippen LogP contribution in [0.4, 0.5) is 0 Å². The number of rotatable bonds is 6. The summed E-state index contributed by atoms with van der Waals surface area (Å²) >= 11 is 0. The van der Waals surface area contributed by atoms with Crippen molar-refractivity contribution in [1.82, 2.24) is 14.9 Å². The van der Waals surface area contributed by atoms with Crippen molar-refractivity contribution in [3.8, 4) is 0 Å². The van der Waals surface area contributed by atoms with E-state index < -0.39 is 0 Å². The van der Waals surface area contributed by atoms with E-state index in [2.05, 4.69) is 35.1 Å². The highest BCUT2D eigenvalue weighted by Crippen LogP contribution is 2.39. The minimum atomic E-state index is 0.0955. The maximum absolute atomic E-state index is 5.77. The first-order valence-corrected chi connectivity index (χ1v) is 7.80. The Balaban J connectivity index is 1.77. The van der Waals surface area contributed by atoms with Crippen LogP contribution in [0.1, 0.15) is 31.5 Å². The third-order valence-electron chi connectivity index (χ3n) is 5.03. The van der Waals surface area contributed by atoms with Crippen LogP contribution in [0.25, 0.3) is 11.0 Å². The molecule has 1 atom stereocenters. The maximum atomic E-state index is 5.77. The molecule has 1 N–H and O–H groups in total. The van der Waals surface area contributed by atoms with Crippen LogP contribution >= 0.6 is 0 Å². The Bertz CT molecular complexity index is 610. The zero-order valence-electron chi connectivity index (χ0n) is 13.2. The van der Waals surface area contributed by atoms with Gasteiger partial charge in [0.25, 0.3) is 0 Å². The maximum Gasteiger partial charge on any atom is 0.111 e. The van der Waals surface area contributed by atoms with Gasteiger partial charge in [0.1, 0.15) is 5.82 Å². The largest absolute Gasteiger partial charge is 0.378 e. The van der Waals surface area contributed by atoms with Crippen LogP contribution in [0.5, 0.6) is 0 Å². The summed E-state index contributed by atoms with van der Waals surface area (Å²) in [6.45, 7) is 0. The fourth-order valence-electron chi connectivity index (χ4n) is 3.39. The molecular weight excluding hydrogens is 262 g/mol. The van der Waals surface area contributed by atoms with Gasteiger partial charge in [-0.05, 0) is 44.9 Å². The Hall–Kier alpha value is -1.39. The van der Waals surface area contributed by atoms with Gasteiger partial charge in [0.15, 0.2) is 0 Å². The van der Waals surface area contributed by atoms with Crippen molar-refractivity contribution < 1.29 is 4.74 Å². The van der Waals surface area contributed by atoms with Gasteiger partial charge in [0.05, 0.1) is 16.6 Å².